The van der Waals surface area contributed by atoms with E-state index >= 15 is 0 Å². The van der Waals surface area contributed by atoms with Gasteiger partial charge in [-0.1, -0.05) is 40.2 Å². The number of ether oxygens (including phenoxy) is 3. The Morgan fingerprint density at radius 3 is 2.62 bits per heavy atom. The van der Waals surface area contributed by atoms with E-state index in [1.165, 1.54) is 13.2 Å². The second kappa shape index (κ2) is 8.01. The molecule has 0 atom stereocenters. The number of hydrogen-bond donors (Lipinski definition) is 0. The minimum absolute atomic E-state index is 0.0396. The lowest BCUT2D eigenvalue weighted by Gasteiger charge is -2.04. The van der Waals surface area contributed by atoms with Gasteiger partial charge in [0.15, 0.2) is 17.1 Å². The van der Waals surface area contributed by atoms with Crippen LogP contribution in [0.2, 0.25) is 0 Å². The van der Waals surface area contributed by atoms with Crippen LogP contribution in [0, 0.1) is 0 Å². The summed E-state index contributed by atoms with van der Waals surface area (Å²) in [5.74, 6) is 0.432. The van der Waals surface area contributed by atoms with Crippen molar-refractivity contribution < 1.29 is 28.2 Å². The number of carbonyl (C=O) groups excluding carboxylic acids is 2. The van der Waals surface area contributed by atoms with Crippen molar-refractivity contribution in [3.8, 4) is 17.2 Å². The van der Waals surface area contributed by atoms with Crippen LogP contribution in [-0.2, 0) is 0 Å². The van der Waals surface area contributed by atoms with Gasteiger partial charge in [0, 0.05) is 15.9 Å². The third-order valence-electron chi connectivity index (χ3n) is 4.95. The van der Waals surface area contributed by atoms with Crippen LogP contribution >= 0.6 is 15.9 Å². The zero-order valence-corrected chi connectivity index (χ0v) is 18.3. The molecule has 1 aliphatic heterocycles. The Morgan fingerprint density at radius 2 is 1.84 bits per heavy atom. The maximum atomic E-state index is 12.6. The lowest BCUT2D eigenvalue weighted by Crippen LogP contribution is -2.07. The van der Waals surface area contributed by atoms with Crippen molar-refractivity contribution in [2.75, 3.05) is 7.11 Å². The van der Waals surface area contributed by atoms with Crippen molar-refractivity contribution in [2.45, 2.75) is 0 Å². The molecule has 4 aromatic rings. The third-order valence-corrected chi connectivity index (χ3v) is 5.48. The molecular formula is C25H15BrO6. The van der Waals surface area contributed by atoms with E-state index < -0.39 is 5.97 Å². The van der Waals surface area contributed by atoms with Crippen LogP contribution in [-0.4, -0.2) is 18.9 Å². The fourth-order valence-electron chi connectivity index (χ4n) is 3.40. The van der Waals surface area contributed by atoms with Gasteiger partial charge in [0.25, 0.3) is 0 Å². The summed E-state index contributed by atoms with van der Waals surface area (Å²) in [6, 6.07) is 19.1. The average molecular weight is 491 g/mol. The van der Waals surface area contributed by atoms with Gasteiger partial charge in [0.1, 0.15) is 11.5 Å². The number of halogens is 1. The number of allylic oxidation sites excluding steroid dienone is 1. The van der Waals surface area contributed by atoms with Gasteiger partial charge in [-0.15, -0.1) is 0 Å². The van der Waals surface area contributed by atoms with Crippen molar-refractivity contribution in [3.63, 3.8) is 0 Å². The quantitative estimate of drug-likeness (QED) is 0.197. The fraction of sp³-hybridized carbons (Fsp3) is 0.0400. The SMILES string of the molecule is COc1cccc2cc(C(=O)Oc3ccc4c(c3)O/C(=C\c3ccc(Br)cc3)C4=O)oc12. The van der Waals surface area contributed by atoms with E-state index in [9.17, 15) is 9.59 Å². The molecule has 0 spiro atoms. The second-order valence-corrected chi connectivity index (χ2v) is 7.94. The smallest absolute Gasteiger partial charge is 0.379 e. The van der Waals surface area contributed by atoms with Gasteiger partial charge in [-0.3, -0.25) is 4.79 Å². The largest absolute Gasteiger partial charge is 0.493 e. The number of para-hydroxylation sites is 1. The molecule has 6 nitrogen and oxygen atoms in total. The molecule has 0 saturated heterocycles. The Kier molecular flexibility index (Phi) is 5.03. The monoisotopic (exact) mass is 490 g/mol. The minimum atomic E-state index is -0.668. The van der Waals surface area contributed by atoms with Crippen LogP contribution in [0.15, 0.2) is 81.4 Å². The molecule has 158 valence electrons. The summed E-state index contributed by atoms with van der Waals surface area (Å²) in [5, 5.41) is 0.724. The number of carbonyl (C=O) groups is 2. The van der Waals surface area contributed by atoms with Gasteiger partial charge in [-0.2, -0.15) is 0 Å². The second-order valence-electron chi connectivity index (χ2n) is 7.03. The van der Waals surface area contributed by atoms with Crippen molar-refractivity contribution in [3.05, 3.63) is 93.8 Å². The molecule has 5 rings (SSSR count). The molecular weight excluding hydrogens is 476 g/mol. The number of hydrogen-bond acceptors (Lipinski definition) is 6. The van der Waals surface area contributed by atoms with Crippen molar-refractivity contribution >= 4 is 44.7 Å². The molecule has 0 saturated carbocycles. The van der Waals surface area contributed by atoms with E-state index in [-0.39, 0.29) is 23.1 Å². The molecule has 0 aliphatic carbocycles. The van der Waals surface area contributed by atoms with Gasteiger partial charge in [0.05, 0.1) is 12.7 Å². The number of fused-ring (bicyclic) bond motifs is 2. The number of furan rings is 1. The molecule has 0 bridgehead atoms. The highest BCUT2D eigenvalue weighted by molar-refractivity contribution is 9.10. The van der Waals surface area contributed by atoms with Crippen molar-refractivity contribution in [2.24, 2.45) is 0 Å². The first-order chi connectivity index (χ1) is 15.5. The molecule has 32 heavy (non-hydrogen) atoms. The number of Topliss-reactive ketones (excluding diaryl/α,β-unsaturated/α-hetero) is 1. The van der Waals surface area contributed by atoms with Crippen LogP contribution in [0.4, 0.5) is 0 Å². The van der Waals surface area contributed by atoms with E-state index in [0.29, 0.717) is 22.6 Å². The summed E-state index contributed by atoms with van der Waals surface area (Å²) in [6.45, 7) is 0. The van der Waals surface area contributed by atoms with Crippen LogP contribution in [0.25, 0.3) is 17.0 Å². The molecule has 1 aromatic heterocycles. The number of rotatable bonds is 4. The summed E-state index contributed by atoms with van der Waals surface area (Å²) in [6.07, 6.45) is 1.67. The number of benzene rings is 3. The predicted molar refractivity (Wildman–Crippen MR) is 121 cm³/mol. The van der Waals surface area contributed by atoms with Crippen LogP contribution in [0.1, 0.15) is 26.5 Å². The molecule has 0 unspecified atom stereocenters. The summed E-state index contributed by atoms with van der Waals surface area (Å²) < 4.78 is 23.0. The first kappa shape index (κ1) is 20.1. The Labute approximate surface area is 191 Å². The lowest BCUT2D eigenvalue weighted by atomic mass is 10.1. The van der Waals surface area contributed by atoms with E-state index in [1.54, 1.807) is 36.4 Å². The highest BCUT2D eigenvalue weighted by Crippen LogP contribution is 2.35. The molecule has 1 aliphatic rings. The Bertz CT molecular complexity index is 1400. The number of esters is 1. The average Bonchev–Trinajstić information content (AvgIpc) is 3.36. The van der Waals surface area contributed by atoms with Crippen LogP contribution < -0.4 is 14.2 Å². The molecule has 0 radical (unpaired) electrons. The van der Waals surface area contributed by atoms with Crippen LogP contribution in [0.5, 0.6) is 17.2 Å². The number of methoxy groups -OCH3 is 1. The lowest BCUT2D eigenvalue weighted by molar-refractivity contribution is 0.0703. The first-order valence-corrected chi connectivity index (χ1v) is 10.4. The highest BCUT2D eigenvalue weighted by atomic mass is 79.9. The highest BCUT2D eigenvalue weighted by Gasteiger charge is 2.28. The van der Waals surface area contributed by atoms with Gasteiger partial charge in [0.2, 0.25) is 11.5 Å². The summed E-state index contributed by atoms with van der Waals surface area (Å²) in [4.78, 5) is 25.2. The standard InChI is InChI=1S/C25H15BrO6/c1-29-19-4-2-3-15-12-22(32-24(15)19)25(28)30-17-9-10-18-20(13-17)31-21(23(18)27)11-14-5-7-16(26)8-6-14/h2-13H,1H3/b21-11-. The van der Waals surface area contributed by atoms with E-state index in [2.05, 4.69) is 15.9 Å². The molecule has 0 N–H and O–H groups in total. The predicted octanol–water partition coefficient (Wildman–Crippen LogP) is 6.04. The normalized spacial score (nSPS) is 13.8. The van der Waals surface area contributed by atoms with E-state index in [1.807, 2.05) is 30.3 Å². The Hall–Kier alpha value is -3.84. The van der Waals surface area contributed by atoms with Crippen molar-refractivity contribution in [1.29, 1.82) is 0 Å². The third kappa shape index (κ3) is 3.67. The summed E-state index contributed by atoms with van der Waals surface area (Å²) in [7, 11) is 1.53. The molecule has 2 heterocycles. The molecule has 0 fully saturated rings. The van der Waals surface area contributed by atoms with Crippen molar-refractivity contribution in [1.82, 2.24) is 0 Å². The van der Waals surface area contributed by atoms with Gasteiger partial charge >= 0.3 is 5.97 Å². The van der Waals surface area contributed by atoms with E-state index in [0.717, 1.165) is 15.4 Å². The van der Waals surface area contributed by atoms with Gasteiger partial charge in [-0.05, 0) is 48.0 Å². The maximum Gasteiger partial charge on any atom is 0.379 e. The van der Waals surface area contributed by atoms with E-state index in [4.69, 9.17) is 18.6 Å². The number of ketones is 1. The van der Waals surface area contributed by atoms with Gasteiger partial charge < -0.3 is 18.6 Å². The van der Waals surface area contributed by atoms with Gasteiger partial charge in [-0.25, -0.2) is 4.79 Å². The topological polar surface area (TPSA) is 75.0 Å². The Morgan fingerprint density at radius 1 is 1.03 bits per heavy atom. The maximum absolute atomic E-state index is 12.6. The summed E-state index contributed by atoms with van der Waals surface area (Å²) in [5.41, 5.74) is 1.70. The Balaban J connectivity index is 1.37. The fourth-order valence-corrected chi connectivity index (χ4v) is 3.66. The molecule has 7 heteroatoms. The van der Waals surface area contributed by atoms with Crippen LogP contribution in [0.3, 0.4) is 0 Å². The zero-order chi connectivity index (χ0) is 22.2. The summed E-state index contributed by atoms with van der Waals surface area (Å²) >= 11 is 3.38. The molecule has 3 aromatic carbocycles. The molecule has 0 amide bonds. The first-order valence-electron chi connectivity index (χ1n) is 9.64. The zero-order valence-electron chi connectivity index (χ0n) is 16.8. The minimum Gasteiger partial charge on any atom is -0.493 e.